The minimum atomic E-state index is -0.534. The zero-order valence-corrected chi connectivity index (χ0v) is 12.6. The van der Waals surface area contributed by atoms with Gasteiger partial charge in [0.2, 0.25) is 0 Å². The van der Waals surface area contributed by atoms with Gasteiger partial charge in [0, 0.05) is 11.8 Å². The van der Waals surface area contributed by atoms with Gasteiger partial charge < -0.3 is 4.74 Å². The van der Waals surface area contributed by atoms with Crippen LogP contribution in [0.15, 0.2) is 52.5 Å². The zero-order valence-electron chi connectivity index (χ0n) is 11.0. The Morgan fingerprint density at radius 1 is 1.19 bits per heavy atom. The van der Waals surface area contributed by atoms with Gasteiger partial charge in [-0.05, 0) is 34.5 Å². The number of aromatic nitrogens is 1. The Kier molecular flexibility index (Phi) is 4.28. The molecule has 0 unspecified atom stereocenters. The zero-order chi connectivity index (χ0) is 14.5. The van der Waals surface area contributed by atoms with Gasteiger partial charge in [-0.15, -0.1) is 11.3 Å². The molecule has 3 aromatic rings. The van der Waals surface area contributed by atoms with Crippen LogP contribution >= 0.6 is 22.7 Å². The number of amides is 1. The Bertz CT molecular complexity index is 708. The van der Waals surface area contributed by atoms with E-state index in [1.807, 2.05) is 29.0 Å². The molecule has 6 heteroatoms. The lowest BCUT2D eigenvalue weighted by Gasteiger charge is -2.03. The summed E-state index contributed by atoms with van der Waals surface area (Å²) in [6, 6.07) is 11.0. The number of carbonyl (C=O) groups is 1. The van der Waals surface area contributed by atoms with Crippen molar-refractivity contribution in [1.29, 1.82) is 0 Å². The van der Waals surface area contributed by atoms with Crippen LogP contribution in [-0.2, 0) is 6.42 Å². The van der Waals surface area contributed by atoms with Crippen molar-refractivity contribution in [3.05, 3.63) is 63.1 Å². The molecule has 0 aliphatic heterocycles. The summed E-state index contributed by atoms with van der Waals surface area (Å²) < 4.78 is 5.15. The van der Waals surface area contributed by atoms with Crippen molar-refractivity contribution >= 4 is 34.6 Å². The number of rotatable bonds is 4. The highest BCUT2D eigenvalue weighted by Gasteiger charge is 2.08. The van der Waals surface area contributed by atoms with Crippen LogP contribution < -0.4 is 10.1 Å². The Labute approximate surface area is 130 Å². The van der Waals surface area contributed by atoms with Crippen LogP contribution in [0.5, 0.6) is 5.75 Å². The van der Waals surface area contributed by atoms with Gasteiger partial charge in [-0.25, -0.2) is 9.78 Å². The molecule has 0 aliphatic carbocycles. The van der Waals surface area contributed by atoms with Crippen LogP contribution in [0, 0.1) is 0 Å². The molecule has 21 heavy (non-hydrogen) atoms. The van der Waals surface area contributed by atoms with Gasteiger partial charge in [0.15, 0.2) is 0 Å². The molecule has 0 aliphatic rings. The maximum Gasteiger partial charge on any atom is 0.418 e. The van der Waals surface area contributed by atoms with Crippen molar-refractivity contribution in [2.45, 2.75) is 6.42 Å². The summed E-state index contributed by atoms with van der Waals surface area (Å²) in [7, 11) is 0. The minimum Gasteiger partial charge on any atom is -0.410 e. The smallest absolute Gasteiger partial charge is 0.410 e. The highest BCUT2D eigenvalue weighted by atomic mass is 32.1. The quantitative estimate of drug-likeness (QED) is 0.776. The maximum absolute atomic E-state index is 11.7. The highest BCUT2D eigenvalue weighted by molar-refractivity contribution is 7.10. The van der Waals surface area contributed by atoms with E-state index in [1.165, 1.54) is 16.9 Å². The summed E-state index contributed by atoms with van der Waals surface area (Å²) in [5.41, 5.74) is 1.23. The molecule has 2 aromatic heterocycles. The number of para-hydroxylation sites is 1. The SMILES string of the molecule is O=C(Nc1csc(Cc2ccsc2)n1)Oc1ccccc1. The van der Waals surface area contributed by atoms with Crippen molar-refractivity contribution in [2.24, 2.45) is 0 Å². The van der Waals surface area contributed by atoms with E-state index in [0.29, 0.717) is 11.6 Å². The largest absolute Gasteiger partial charge is 0.418 e. The second-order valence-electron chi connectivity index (χ2n) is 4.26. The standard InChI is InChI=1S/C15H12N2O2S2/c18-15(19-12-4-2-1-3-5-12)17-13-10-21-14(16-13)8-11-6-7-20-9-11/h1-7,9-10H,8H2,(H,17,18). The first kappa shape index (κ1) is 13.8. The van der Waals surface area contributed by atoms with Gasteiger partial charge in [-0.2, -0.15) is 11.3 Å². The number of ether oxygens (including phenoxy) is 1. The van der Waals surface area contributed by atoms with Gasteiger partial charge in [0.25, 0.3) is 0 Å². The molecule has 0 fully saturated rings. The fourth-order valence-corrected chi connectivity index (χ4v) is 3.17. The molecule has 0 bridgehead atoms. The van der Waals surface area contributed by atoms with E-state index >= 15 is 0 Å². The average molecular weight is 316 g/mol. The minimum absolute atomic E-state index is 0.503. The molecule has 4 nitrogen and oxygen atoms in total. The fourth-order valence-electron chi connectivity index (χ4n) is 1.74. The third-order valence-electron chi connectivity index (χ3n) is 2.67. The van der Waals surface area contributed by atoms with Crippen molar-refractivity contribution in [3.8, 4) is 5.75 Å². The molecule has 1 aromatic carbocycles. The molecule has 2 heterocycles. The lowest BCUT2D eigenvalue weighted by Crippen LogP contribution is -2.16. The van der Waals surface area contributed by atoms with Crippen molar-refractivity contribution < 1.29 is 9.53 Å². The van der Waals surface area contributed by atoms with Crippen LogP contribution in [0.1, 0.15) is 10.6 Å². The number of thiazole rings is 1. The van der Waals surface area contributed by atoms with Crippen LogP contribution in [0.4, 0.5) is 10.6 Å². The molecule has 0 saturated heterocycles. The Hall–Kier alpha value is -2.18. The van der Waals surface area contributed by atoms with E-state index in [2.05, 4.69) is 21.7 Å². The monoisotopic (exact) mass is 316 g/mol. The summed E-state index contributed by atoms with van der Waals surface area (Å²) in [6.45, 7) is 0. The molecule has 106 valence electrons. The molecule has 0 saturated carbocycles. The Balaban J connectivity index is 1.58. The lowest BCUT2D eigenvalue weighted by atomic mass is 10.2. The first-order chi connectivity index (χ1) is 10.3. The van der Waals surface area contributed by atoms with Crippen molar-refractivity contribution in [3.63, 3.8) is 0 Å². The molecular formula is C15H12N2O2S2. The number of benzene rings is 1. The molecule has 0 atom stereocenters. The van der Waals surface area contributed by atoms with Crippen LogP contribution in [0.25, 0.3) is 0 Å². The number of thiophene rings is 1. The van der Waals surface area contributed by atoms with Crippen molar-refractivity contribution in [1.82, 2.24) is 4.98 Å². The fraction of sp³-hybridized carbons (Fsp3) is 0.0667. The van der Waals surface area contributed by atoms with E-state index in [1.54, 1.807) is 23.5 Å². The summed E-state index contributed by atoms with van der Waals surface area (Å²) in [5.74, 6) is 1.02. The van der Waals surface area contributed by atoms with Crippen LogP contribution in [0.2, 0.25) is 0 Å². The van der Waals surface area contributed by atoms with E-state index < -0.39 is 6.09 Å². The number of hydrogen-bond donors (Lipinski definition) is 1. The number of carbonyl (C=O) groups excluding carboxylic acids is 1. The first-order valence-corrected chi connectivity index (χ1v) is 8.11. The molecule has 3 rings (SSSR count). The number of hydrogen-bond acceptors (Lipinski definition) is 5. The molecule has 0 spiro atoms. The second kappa shape index (κ2) is 6.51. The van der Waals surface area contributed by atoms with Crippen LogP contribution in [0.3, 0.4) is 0 Å². The van der Waals surface area contributed by atoms with Gasteiger partial charge in [-0.3, -0.25) is 5.32 Å². The maximum atomic E-state index is 11.7. The lowest BCUT2D eigenvalue weighted by molar-refractivity contribution is 0.215. The van der Waals surface area contributed by atoms with Gasteiger partial charge in [0.05, 0.1) is 5.01 Å². The summed E-state index contributed by atoms with van der Waals surface area (Å²) in [4.78, 5) is 16.1. The van der Waals surface area contributed by atoms with Crippen molar-refractivity contribution in [2.75, 3.05) is 5.32 Å². The first-order valence-electron chi connectivity index (χ1n) is 6.29. The van der Waals surface area contributed by atoms with Crippen LogP contribution in [-0.4, -0.2) is 11.1 Å². The third-order valence-corrected chi connectivity index (χ3v) is 4.25. The van der Waals surface area contributed by atoms with E-state index in [4.69, 9.17) is 4.74 Å². The molecule has 1 N–H and O–H groups in total. The van der Waals surface area contributed by atoms with Gasteiger partial charge in [0.1, 0.15) is 11.6 Å². The Morgan fingerprint density at radius 3 is 2.81 bits per heavy atom. The van der Waals surface area contributed by atoms with Gasteiger partial charge >= 0.3 is 6.09 Å². The van der Waals surface area contributed by atoms with E-state index in [9.17, 15) is 4.79 Å². The average Bonchev–Trinajstić information content (AvgIpc) is 3.13. The topological polar surface area (TPSA) is 51.2 Å². The van der Waals surface area contributed by atoms with E-state index in [-0.39, 0.29) is 0 Å². The normalized spacial score (nSPS) is 10.3. The predicted molar refractivity (Wildman–Crippen MR) is 85.3 cm³/mol. The number of anilines is 1. The number of nitrogens with zero attached hydrogens (tertiary/aromatic N) is 1. The second-order valence-corrected chi connectivity index (χ2v) is 5.99. The summed E-state index contributed by atoms with van der Waals surface area (Å²) >= 11 is 3.18. The number of nitrogens with one attached hydrogen (secondary N) is 1. The molecule has 1 amide bonds. The molecule has 0 radical (unpaired) electrons. The van der Waals surface area contributed by atoms with Gasteiger partial charge in [-0.1, -0.05) is 18.2 Å². The predicted octanol–water partition coefficient (Wildman–Crippen LogP) is 4.41. The summed E-state index contributed by atoms with van der Waals surface area (Å²) in [6.07, 6.45) is 0.248. The highest BCUT2D eigenvalue weighted by Crippen LogP contribution is 2.19. The summed E-state index contributed by atoms with van der Waals surface area (Å²) in [5, 5.41) is 9.54. The Morgan fingerprint density at radius 2 is 2.05 bits per heavy atom. The molecular weight excluding hydrogens is 304 g/mol. The van der Waals surface area contributed by atoms with E-state index in [0.717, 1.165) is 11.4 Å². The third kappa shape index (κ3) is 3.90.